The largest absolute Gasteiger partial charge is 0.472 e. The molecule has 3 saturated carbocycles. The highest BCUT2D eigenvalue weighted by Crippen LogP contribution is 2.57. The maximum Gasteiger partial charge on any atom is 0.472 e. The molecular weight excluding hydrogens is 413 g/mol. The van der Waals surface area contributed by atoms with Crippen molar-refractivity contribution in [2.45, 2.75) is 57.5 Å². The summed E-state index contributed by atoms with van der Waals surface area (Å²) in [6.45, 7) is -0.909. The van der Waals surface area contributed by atoms with E-state index >= 15 is 0 Å². The number of aliphatic hydroxyl groups excluding tert-OH is 2. The van der Waals surface area contributed by atoms with E-state index in [9.17, 15) is 14.3 Å². The van der Waals surface area contributed by atoms with Gasteiger partial charge in [0.2, 0.25) is 0 Å². The molecule has 6 unspecified atom stereocenters. The Morgan fingerprint density at radius 3 is 2.13 bits per heavy atom. The number of amides is 1. The first-order valence-corrected chi connectivity index (χ1v) is 12.7. The van der Waals surface area contributed by atoms with Crippen LogP contribution in [0.1, 0.15) is 51.4 Å². The summed E-state index contributed by atoms with van der Waals surface area (Å²) in [6, 6.07) is 0. The van der Waals surface area contributed by atoms with E-state index in [1.165, 1.54) is 51.4 Å². The van der Waals surface area contributed by atoms with Gasteiger partial charge in [-0.3, -0.25) is 9.05 Å². The van der Waals surface area contributed by atoms with E-state index in [0.717, 1.165) is 11.8 Å². The molecular formula is C20H36NO8P. The van der Waals surface area contributed by atoms with Gasteiger partial charge in [-0.1, -0.05) is 25.7 Å². The van der Waals surface area contributed by atoms with Crippen molar-refractivity contribution in [3.8, 4) is 0 Å². The molecule has 0 aromatic rings. The maximum absolute atomic E-state index is 12.1. The van der Waals surface area contributed by atoms with Gasteiger partial charge in [0.15, 0.2) is 0 Å². The van der Waals surface area contributed by atoms with Gasteiger partial charge < -0.3 is 25.2 Å². The molecule has 30 heavy (non-hydrogen) atoms. The highest BCUT2D eigenvalue weighted by molar-refractivity contribution is 7.47. The van der Waals surface area contributed by atoms with Crippen molar-refractivity contribution in [1.29, 1.82) is 0 Å². The van der Waals surface area contributed by atoms with Gasteiger partial charge in [0.05, 0.1) is 26.4 Å². The number of aliphatic hydroxyl groups is 2. The summed E-state index contributed by atoms with van der Waals surface area (Å²) < 4.78 is 26.4. The summed E-state index contributed by atoms with van der Waals surface area (Å²) in [6.07, 6.45) is 8.55. The third-order valence-corrected chi connectivity index (χ3v) is 8.06. The fraction of sp³-hybridized carbons (Fsp3) is 0.950. The number of alkyl carbamates (subject to hydrolysis) is 1. The molecule has 0 radical (unpaired) electrons. The first-order chi connectivity index (χ1) is 14.4. The van der Waals surface area contributed by atoms with Crippen LogP contribution in [0.5, 0.6) is 0 Å². The zero-order valence-corrected chi connectivity index (χ0v) is 18.4. The Morgan fingerprint density at radius 2 is 1.57 bits per heavy atom. The topological polar surface area (TPSA) is 135 Å². The minimum absolute atomic E-state index is 0.00191. The smallest absolute Gasteiger partial charge is 0.449 e. The highest BCUT2D eigenvalue weighted by atomic mass is 31.2. The molecule has 0 bridgehead atoms. The molecule has 0 aromatic heterocycles. The number of phosphoric ester groups is 1. The molecule has 4 N–H and O–H groups in total. The van der Waals surface area contributed by atoms with Crippen molar-refractivity contribution >= 4 is 13.9 Å². The van der Waals surface area contributed by atoms with E-state index < -0.39 is 33.2 Å². The normalized spacial score (nSPS) is 33.8. The number of hydrogen-bond acceptors (Lipinski definition) is 7. The summed E-state index contributed by atoms with van der Waals surface area (Å²) >= 11 is 0. The van der Waals surface area contributed by atoms with Crippen LogP contribution in [0, 0.1) is 29.6 Å². The minimum Gasteiger partial charge on any atom is -0.449 e. The van der Waals surface area contributed by atoms with Crippen LogP contribution in [0.25, 0.3) is 0 Å². The van der Waals surface area contributed by atoms with E-state index in [4.69, 9.17) is 19.5 Å². The van der Waals surface area contributed by atoms with Crippen LogP contribution in [0.15, 0.2) is 0 Å². The number of carbonyl (C=O) groups is 1. The first-order valence-electron chi connectivity index (χ1n) is 11.2. The second-order valence-corrected chi connectivity index (χ2v) is 10.3. The number of carbonyl (C=O) groups excluding carboxylic acids is 1. The average Bonchev–Trinajstić information content (AvgIpc) is 3.07. The van der Waals surface area contributed by atoms with E-state index in [-0.39, 0.29) is 13.2 Å². The monoisotopic (exact) mass is 449 g/mol. The molecule has 3 rings (SSSR count). The average molecular weight is 449 g/mol. The van der Waals surface area contributed by atoms with Crippen LogP contribution in [-0.2, 0) is 18.3 Å². The van der Waals surface area contributed by atoms with Gasteiger partial charge in [-0.2, -0.15) is 0 Å². The van der Waals surface area contributed by atoms with Crippen LogP contribution >= 0.6 is 7.82 Å². The summed E-state index contributed by atoms with van der Waals surface area (Å²) in [7, 11) is -4.35. The van der Waals surface area contributed by atoms with Crippen molar-refractivity contribution in [2.24, 2.45) is 29.6 Å². The van der Waals surface area contributed by atoms with Crippen LogP contribution < -0.4 is 5.32 Å². The predicted octanol–water partition coefficient (Wildman–Crippen LogP) is 2.44. The van der Waals surface area contributed by atoms with Crippen molar-refractivity contribution < 1.29 is 38.3 Å². The predicted molar refractivity (Wildman–Crippen MR) is 109 cm³/mol. The van der Waals surface area contributed by atoms with Crippen molar-refractivity contribution in [1.82, 2.24) is 5.32 Å². The second kappa shape index (κ2) is 11.2. The summed E-state index contributed by atoms with van der Waals surface area (Å²) in [5.41, 5.74) is 0. The van der Waals surface area contributed by atoms with E-state index in [1.54, 1.807) is 0 Å². The number of rotatable bonds is 10. The summed E-state index contributed by atoms with van der Waals surface area (Å²) in [5.74, 6) is 3.41. The van der Waals surface area contributed by atoms with E-state index in [1.807, 2.05) is 0 Å². The zero-order valence-electron chi connectivity index (χ0n) is 17.5. The SMILES string of the molecule is O=C(NCCOP(=O)(O)OCC(O)CO)OCC1C2CCCCC2C2CCCCC21. The lowest BCUT2D eigenvalue weighted by atomic mass is 9.73. The molecule has 0 aliphatic heterocycles. The molecule has 6 atom stereocenters. The number of nitrogens with one attached hydrogen (secondary N) is 1. The lowest BCUT2D eigenvalue weighted by molar-refractivity contribution is 0.0362. The number of fused-ring (bicyclic) bond motifs is 3. The Labute approximate surface area is 178 Å². The van der Waals surface area contributed by atoms with E-state index in [0.29, 0.717) is 24.4 Å². The molecule has 3 fully saturated rings. The van der Waals surface area contributed by atoms with Gasteiger partial charge >= 0.3 is 13.9 Å². The molecule has 1 amide bonds. The van der Waals surface area contributed by atoms with Gasteiger partial charge in [0.1, 0.15) is 6.10 Å². The minimum atomic E-state index is -4.35. The molecule has 0 spiro atoms. The third kappa shape index (κ3) is 6.40. The Hall–Kier alpha value is -0.700. The van der Waals surface area contributed by atoms with Gasteiger partial charge in [-0.15, -0.1) is 0 Å². The highest BCUT2D eigenvalue weighted by Gasteiger charge is 2.51. The van der Waals surface area contributed by atoms with Crippen LogP contribution in [0.3, 0.4) is 0 Å². The second-order valence-electron chi connectivity index (χ2n) is 8.85. The van der Waals surface area contributed by atoms with Crippen molar-refractivity contribution in [3.63, 3.8) is 0 Å². The Morgan fingerprint density at radius 1 is 1.00 bits per heavy atom. The molecule has 3 aliphatic rings. The van der Waals surface area contributed by atoms with Crippen LogP contribution in [-0.4, -0.2) is 60.3 Å². The molecule has 9 nitrogen and oxygen atoms in total. The molecule has 174 valence electrons. The molecule has 0 saturated heterocycles. The number of hydrogen-bond donors (Lipinski definition) is 4. The van der Waals surface area contributed by atoms with Gasteiger partial charge in [-0.25, -0.2) is 9.36 Å². The quantitative estimate of drug-likeness (QED) is 0.295. The fourth-order valence-electron chi connectivity index (χ4n) is 5.87. The standard InChI is InChI=1S/C20H36NO8P/c22-11-14(23)12-29-30(25,26)28-10-9-21-20(24)27-13-19-17-7-3-1-5-15(17)16-6-2-4-8-18(16)19/h14-19,22-23H,1-13H2,(H,21,24)(H,25,26). The number of ether oxygens (including phenoxy) is 1. The summed E-state index contributed by atoms with van der Waals surface area (Å²) in [5, 5.41) is 20.3. The van der Waals surface area contributed by atoms with Crippen LogP contribution in [0.4, 0.5) is 4.79 Å². The Bertz CT molecular complexity index is 583. The molecule has 0 aromatic carbocycles. The van der Waals surface area contributed by atoms with Crippen molar-refractivity contribution in [2.75, 3.05) is 33.0 Å². The van der Waals surface area contributed by atoms with E-state index in [2.05, 4.69) is 9.84 Å². The lowest BCUT2D eigenvalue weighted by Crippen LogP contribution is -2.32. The van der Waals surface area contributed by atoms with Gasteiger partial charge in [-0.05, 0) is 55.3 Å². The Balaban J connectivity index is 1.36. The fourth-order valence-corrected chi connectivity index (χ4v) is 6.63. The zero-order chi connectivity index (χ0) is 21.6. The first kappa shape index (κ1) is 24.0. The molecule has 0 heterocycles. The maximum atomic E-state index is 12.1. The lowest BCUT2D eigenvalue weighted by Gasteiger charge is -2.32. The van der Waals surface area contributed by atoms with Crippen LogP contribution in [0.2, 0.25) is 0 Å². The third-order valence-electron chi connectivity index (χ3n) is 7.07. The Kier molecular flexibility index (Phi) is 8.98. The molecule has 10 heteroatoms. The summed E-state index contributed by atoms with van der Waals surface area (Å²) in [4.78, 5) is 21.6. The number of phosphoric acid groups is 1. The van der Waals surface area contributed by atoms with Gasteiger partial charge in [0, 0.05) is 6.54 Å². The van der Waals surface area contributed by atoms with Crippen molar-refractivity contribution in [3.05, 3.63) is 0 Å². The van der Waals surface area contributed by atoms with Gasteiger partial charge in [0.25, 0.3) is 0 Å². The molecule has 3 aliphatic carbocycles.